The van der Waals surface area contributed by atoms with E-state index in [4.69, 9.17) is 10.3 Å². The minimum Gasteiger partial charge on any atom is -0.379 e. The lowest BCUT2D eigenvalue weighted by atomic mass is 10.1. The van der Waals surface area contributed by atoms with Gasteiger partial charge in [-0.3, -0.25) is 9.59 Å². The van der Waals surface area contributed by atoms with E-state index in [1.165, 1.54) is 13.1 Å². The van der Waals surface area contributed by atoms with Gasteiger partial charge in [-0.1, -0.05) is 17.3 Å². The number of carbonyl (C=O) groups is 2. The Morgan fingerprint density at radius 2 is 2.12 bits per heavy atom. The number of nitrogens with zero attached hydrogens (tertiary/aromatic N) is 2. The fourth-order valence-electron chi connectivity index (χ4n) is 2.20. The third kappa shape index (κ3) is 3.17. The molecule has 2 amide bonds. The second-order valence-electron chi connectivity index (χ2n) is 5.17. The molecule has 0 bridgehead atoms. The Bertz CT molecular complexity index is 919. The molecule has 0 aliphatic rings. The number of nitrogens with two attached hydrogens (primary N) is 1. The van der Waals surface area contributed by atoms with Gasteiger partial charge in [-0.2, -0.15) is 0 Å². The van der Waals surface area contributed by atoms with Crippen LogP contribution in [0, 0.1) is 0 Å². The molecule has 0 atom stereocenters. The van der Waals surface area contributed by atoms with Crippen LogP contribution < -0.4 is 16.4 Å². The SMILES string of the molecule is CC(=O)NCc1cccc(C(=O)Nc2ccnc3c(N)noc23)c1. The predicted octanol–water partition coefficient (Wildman–Crippen LogP) is 1.69. The molecule has 8 heteroatoms. The maximum absolute atomic E-state index is 12.4. The van der Waals surface area contributed by atoms with Crippen molar-refractivity contribution in [1.29, 1.82) is 0 Å². The van der Waals surface area contributed by atoms with Crippen molar-refractivity contribution in [3.63, 3.8) is 0 Å². The van der Waals surface area contributed by atoms with Crippen molar-refractivity contribution in [2.75, 3.05) is 11.1 Å². The Balaban J connectivity index is 1.81. The zero-order valence-electron chi connectivity index (χ0n) is 12.9. The molecule has 3 aromatic rings. The van der Waals surface area contributed by atoms with E-state index in [-0.39, 0.29) is 17.6 Å². The first-order valence-electron chi connectivity index (χ1n) is 7.19. The Morgan fingerprint density at radius 3 is 2.92 bits per heavy atom. The van der Waals surface area contributed by atoms with Gasteiger partial charge in [-0.25, -0.2) is 4.98 Å². The summed E-state index contributed by atoms with van der Waals surface area (Å²) in [7, 11) is 0. The average Bonchev–Trinajstić information content (AvgIpc) is 2.96. The number of fused-ring (bicyclic) bond motifs is 1. The molecular weight excluding hydrogens is 310 g/mol. The van der Waals surface area contributed by atoms with Crippen LogP contribution in [0.1, 0.15) is 22.8 Å². The highest BCUT2D eigenvalue weighted by Gasteiger charge is 2.14. The first kappa shape index (κ1) is 15.5. The monoisotopic (exact) mass is 325 g/mol. The van der Waals surface area contributed by atoms with Crippen molar-refractivity contribution in [3.05, 3.63) is 47.7 Å². The Morgan fingerprint density at radius 1 is 1.29 bits per heavy atom. The molecule has 0 saturated heterocycles. The number of aromatic nitrogens is 2. The number of carbonyl (C=O) groups excluding carboxylic acids is 2. The van der Waals surface area contributed by atoms with Crippen LogP contribution in [-0.4, -0.2) is 22.0 Å². The molecule has 0 fully saturated rings. The average molecular weight is 325 g/mol. The van der Waals surface area contributed by atoms with Gasteiger partial charge in [0, 0.05) is 25.2 Å². The number of anilines is 2. The number of hydrogen-bond donors (Lipinski definition) is 3. The van der Waals surface area contributed by atoms with Crippen LogP contribution in [0.5, 0.6) is 0 Å². The van der Waals surface area contributed by atoms with E-state index in [0.29, 0.717) is 28.9 Å². The zero-order chi connectivity index (χ0) is 17.1. The van der Waals surface area contributed by atoms with Gasteiger partial charge >= 0.3 is 0 Å². The van der Waals surface area contributed by atoms with Gasteiger partial charge in [0.15, 0.2) is 11.3 Å². The molecule has 4 N–H and O–H groups in total. The minimum atomic E-state index is -0.317. The first-order valence-corrected chi connectivity index (χ1v) is 7.19. The van der Waals surface area contributed by atoms with Crippen LogP contribution in [0.4, 0.5) is 11.5 Å². The molecule has 3 rings (SSSR count). The number of pyridine rings is 1. The molecule has 0 aliphatic heterocycles. The number of hydrogen-bond acceptors (Lipinski definition) is 6. The first-order chi connectivity index (χ1) is 11.5. The van der Waals surface area contributed by atoms with Gasteiger partial charge < -0.3 is 20.9 Å². The summed E-state index contributed by atoms with van der Waals surface area (Å²) >= 11 is 0. The van der Waals surface area contributed by atoms with Crippen molar-refractivity contribution in [3.8, 4) is 0 Å². The van der Waals surface area contributed by atoms with E-state index in [1.807, 2.05) is 6.07 Å². The highest BCUT2D eigenvalue weighted by molar-refractivity contribution is 6.08. The van der Waals surface area contributed by atoms with Crippen LogP contribution in [0.25, 0.3) is 11.1 Å². The Hall–Kier alpha value is -3.42. The predicted molar refractivity (Wildman–Crippen MR) is 88.1 cm³/mol. The van der Waals surface area contributed by atoms with Crippen molar-refractivity contribution < 1.29 is 14.1 Å². The lowest BCUT2D eigenvalue weighted by Crippen LogP contribution is -2.19. The lowest BCUT2D eigenvalue weighted by Gasteiger charge is -2.07. The largest absolute Gasteiger partial charge is 0.379 e. The number of benzene rings is 1. The maximum Gasteiger partial charge on any atom is 0.255 e. The van der Waals surface area contributed by atoms with Crippen molar-refractivity contribution >= 4 is 34.4 Å². The molecule has 0 radical (unpaired) electrons. The summed E-state index contributed by atoms with van der Waals surface area (Å²) in [6.45, 7) is 1.79. The number of amides is 2. The highest BCUT2D eigenvalue weighted by atomic mass is 16.5. The third-order valence-electron chi connectivity index (χ3n) is 3.36. The standard InChI is InChI=1S/C16H15N5O3/c1-9(22)19-8-10-3-2-4-11(7-10)16(23)20-12-5-6-18-13-14(12)24-21-15(13)17/h2-7H,8H2,1H3,(H2,17,21)(H,19,22)(H,18,20,23). The zero-order valence-corrected chi connectivity index (χ0v) is 12.9. The van der Waals surface area contributed by atoms with Crippen LogP contribution in [0.15, 0.2) is 41.1 Å². The van der Waals surface area contributed by atoms with E-state index in [0.717, 1.165) is 5.56 Å². The molecule has 2 aromatic heterocycles. The third-order valence-corrected chi connectivity index (χ3v) is 3.36. The molecule has 0 saturated carbocycles. The van der Waals surface area contributed by atoms with E-state index in [9.17, 15) is 9.59 Å². The molecular formula is C16H15N5O3. The molecule has 0 unspecified atom stereocenters. The van der Waals surface area contributed by atoms with Gasteiger partial charge in [0.1, 0.15) is 0 Å². The Kier molecular flexibility index (Phi) is 4.11. The van der Waals surface area contributed by atoms with Gasteiger partial charge in [0.2, 0.25) is 11.5 Å². The number of rotatable bonds is 4. The molecule has 8 nitrogen and oxygen atoms in total. The number of nitrogen functional groups attached to an aromatic ring is 1. The van der Waals surface area contributed by atoms with Crippen LogP contribution in [0.2, 0.25) is 0 Å². The number of nitrogens with one attached hydrogen (secondary N) is 2. The second kappa shape index (κ2) is 6.37. The lowest BCUT2D eigenvalue weighted by molar-refractivity contribution is -0.119. The summed E-state index contributed by atoms with van der Waals surface area (Å²) in [5.41, 5.74) is 8.07. The summed E-state index contributed by atoms with van der Waals surface area (Å²) in [5.74, 6) is -0.285. The van der Waals surface area contributed by atoms with Crippen LogP contribution >= 0.6 is 0 Å². The molecule has 122 valence electrons. The summed E-state index contributed by atoms with van der Waals surface area (Å²) in [6.07, 6.45) is 1.51. The normalized spacial score (nSPS) is 10.5. The van der Waals surface area contributed by atoms with Gasteiger partial charge in [-0.05, 0) is 23.8 Å². The van der Waals surface area contributed by atoms with E-state index >= 15 is 0 Å². The molecule has 0 aliphatic carbocycles. The summed E-state index contributed by atoms with van der Waals surface area (Å²) in [6, 6.07) is 8.57. The minimum absolute atomic E-state index is 0.132. The van der Waals surface area contributed by atoms with E-state index in [2.05, 4.69) is 20.8 Å². The van der Waals surface area contributed by atoms with Crippen molar-refractivity contribution in [2.45, 2.75) is 13.5 Å². The van der Waals surface area contributed by atoms with Crippen LogP contribution in [0.3, 0.4) is 0 Å². The van der Waals surface area contributed by atoms with Gasteiger partial charge in [0.25, 0.3) is 5.91 Å². The molecule has 24 heavy (non-hydrogen) atoms. The quantitative estimate of drug-likeness (QED) is 0.671. The van der Waals surface area contributed by atoms with Crippen molar-refractivity contribution in [2.24, 2.45) is 0 Å². The van der Waals surface area contributed by atoms with Gasteiger partial charge in [-0.15, -0.1) is 0 Å². The summed E-state index contributed by atoms with van der Waals surface area (Å²) in [4.78, 5) is 27.5. The van der Waals surface area contributed by atoms with E-state index < -0.39 is 0 Å². The topological polar surface area (TPSA) is 123 Å². The maximum atomic E-state index is 12.4. The fraction of sp³-hybridized carbons (Fsp3) is 0.125. The Labute approximate surface area is 137 Å². The summed E-state index contributed by atoms with van der Waals surface area (Å²) < 4.78 is 5.11. The van der Waals surface area contributed by atoms with Crippen LogP contribution in [-0.2, 0) is 11.3 Å². The highest BCUT2D eigenvalue weighted by Crippen LogP contribution is 2.25. The molecule has 1 aromatic carbocycles. The summed E-state index contributed by atoms with van der Waals surface area (Å²) in [5, 5.41) is 9.08. The molecule has 0 spiro atoms. The molecule has 2 heterocycles. The second-order valence-corrected chi connectivity index (χ2v) is 5.17. The van der Waals surface area contributed by atoms with Gasteiger partial charge in [0.05, 0.1) is 5.69 Å². The smallest absolute Gasteiger partial charge is 0.255 e. The van der Waals surface area contributed by atoms with Crippen molar-refractivity contribution in [1.82, 2.24) is 15.5 Å². The van der Waals surface area contributed by atoms with E-state index in [1.54, 1.807) is 24.3 Å². The fourth-order valence-corrected chi connectivity index (χ4v) is 2.20.